The number of Topliss-reactive ketones (excluding diaryl/α,β-unsaturated/α-hetero) is 2. The quantitative estimate of drug-likeness (QED) is 0.282. The van der Waals surface area contributed by atoms with Crippen LogP contribution in [0.15, 0.2) is 53.0 Å². The maximum atomic E-state index is 14.1. The number of aliphatic hydroxyl groups is 3. The molecule has 2 aromatic rings. The van der Waals surface area contributed by atoms with Crippen molar-refractivity contribution in [2.75, 3.05) is 33.1 Å². The number of benzene rings is 2. The number of carbonyl (C=O) groups is 4. The van der Waals surface area contributed by atoms with Gasteiger partial charge >= 0.3 is 5.97 Å². The summed E-state index contributed by atoms with van der Waals surface area (Å²) in [6.07, 6.45) is 0.131. The number of hydrogen-bond acceptors (Lipinski definition) is 10. The Bertz CT molecular complexity index is 1640. The third-order valence-corrected chi connectivity index (χ3v) is 8.62. The van der Waals surface area contributed by atoms with Crippen molar-refractivity contribution in [1.29, 1.82) is 0 Å². The summed E-state index contributed by atoms with van der Waals surface area (Å²) in [5, 5.41) is 54.9. The van der Waals surface area contributed by atoms with E-state index in [1.807, 2.05) is 0 Å². The van der Waals surface area contributed by atoms with Crippen molar-refractivity contribution in [3.63, 3.8) is 0 Å². The first-order chi connectivity index (χ1) is 19.6. The molecule has 2 aromatic carbocycles. The Kier molecular flexibility index (Phi) is 6.66. The predicted molar refractivity (Wildman–Crippen MR) is 150 cm³/mol. The van der Waals surface area contributed by atoms with E-state index in [1.165, 1.54) is 29.2 Å². The van der Waals surface area contributed by atoms with Gasteiger partial charge in [-0.3, -0.25) is 19.3 Å². The zero-order valence-electron chi connectivity index (χ0n) is 23.4. The molecule has 3 aliphatic rings. The summed E-state index contributed by atoms with van der Waals surface area (Å²) >= 11 is 0. The number of aliphatic hydroxyl groups excluding tert-OH is 2. The molecule has 7 N–H and O–H groups in total. The summed E-state index contributed by atoms with van der Waals surface area (Å²) in [5.74, 6) is -8.32. The first kappa shape index (κ1) is 28.8. The molecule has 12 nitrogen and oxygen atoms in total. The fourth-order valence-electron chi connectivity index (χ4n) is 6.71. The van der Waals surface area contributed by atoms with Crippen molar-refractivity contribution in [2.24, 2.45) is 17.6 Å². The van der Waals surface area contributed by atoms with Gasteiger partial charge in [-0.2, -0.15) is 0 Å². The molecule has 0 bridgehead atoms. The number of allylic oxidation sites excluding steroid dienone is 1. The topological polar surface area (TPSA) is 202 Å². The van der Waals surface area contributed by atoms with Gasteiger partial charge < -0.3 is 36.2 Å². The van der Waals surface area contributed by atoms with E-state index in [2.05, 4.69) is 0 Å². The van der Waals surface area contributed by atoms with E-state index < -0.39 is 69.8 Å². The van der Waals surface area contributed by atoms with Gasteiger partial charge in [-0.25, -0.2) is 4.79 Å². The summed E-state index contributed by atoms with van der Waals surface area (Å²) < 4.78 is 0. The van der Waals surface area contributed by atoms with Crippen molar-refractivity contribution < 1.29 is 44.7 Å². The van der Waals surface area contributed by atoms with Crippen molar-refractivity contribution in [2.45, 2.75) is 24.5 Å². The summed E-state index contributed by atoms with van der Waals surface area (Å²) in [6.45, 7) is 0. The van der Waals surface area contributed by atoms with Gasteiger partial charge in [0.05, 0.1) is 17.2 Å². The fourth-order valence-corrected chi connectivity index (χ4v) is 6.71. The number of anilines is 1. The number of carboxylic acid groups (broad SMARTS) is 1. The lowest BCUT2D eigenvalue weighted by Crippen LogP contribution is -2.63. The summed E-state index contributed by atoms with van der Waals surface area (Å²) in [7, 11) is 6.65. The molecule has 42 heavy (non-hydrogen) atoms. The van der Waals surface area contributed by atoms with Crippen LogP contribution in [0, 0.1) is 11.8 Å². The van der Waals surface area contributed by atoms with Crippen molar-refractivity contribution in [3.8, 4) is 16.9 Å². The second kappa shape index (κ2) is 9.71. The van der Waals surface area contributed by atoms with E-state index in [1.54, 1.807) is 39.2 Å². The zero-order valence-corrected chi connectivity index (χ0v) is 23.4. The van der Waals surface area contributed by atoms with Crippen LogP contribution in [0.3, 0.4) is 0 Å². The number of phenols is 1. The minimum atomic E-state index is -2.73. The molecule has 220 valence electrons. The number of phenolic OH excluding ortho intramolecular Hbond substituents is 1. The van der Waals surface area contributed by atoms with Gasteiger partial charge in [0.1, 0.15) is 22.8 Å². The average Bonchev–Trinajstić information content (AvgIpc) is 2.90. The summed E-state index contributed by atoms with van der Waals surface area (Å²) in [6, 6.07) is 6.34. The number of primary amides is 1. The van der Waals surface area contributed by atoms with Crippen LogP contribution in [-0.4, -0.2) is 93.7 Å². The number of fused-ring (bicyclic) bond motifs is 3. The molecule has 0 unspecified atom stereocenters. The van der Waals surface area contributed by atoms with Crippen molar-refractivity contribution in [1.82, 2.24) is 4.90 Å². The van der Waals surface area contributed by atoms with E-state index in [0.717, 1.165) is 0 Å². The van der Waals surface area contributed by atoms with E-state index in [9.17, 15) is 44.7 Å². The number of carboxylic acids is 1. The number of hydrogen-bond donors (Lipinski definition) is 6. The highest BCUT2D eigenvalue weighted by Crippen LogP contribution is 2.54. The lowest BCUT2D eigenvalue weighted by atomic mass is 9.58. The highest BCUT2D eigenvalue weighted by Gasteiger charge is 2.63. The van der Waals surface area contributed by atoms with Crippen molar-refractivity contribution in [3.05, 3.63) is 69.7 Å². The number of ketones is 2. The van der Waals surface area contributed by atoms with Gasteiger partial charge in [0.25, 0.3) is 5.91 Å². The second-order valence-corrected chi connectivity index (χ2v) is 11.4. The van der Waals surface area contributed by atoms with Gasteiger partial charge in [0.15, 0.2) is 11.4 Å². The number of rotatable bonds is 5. The highest BCUT2D eigenvalue weighted by atomic mass is 16.4. The molecular formula is C30H31N3O9. The molecule has 0 aliphatic heterocycles. The molecule has 1 amide bonds. The number of aromatic carboxylic acids is 1. The first-order valence-corrected chi connectivity index (χ1v) is 13.2. The Labute approximate surface area is 240 Å². The Morgan fingerprint density at radius 2 is 1.64 bits per heavy atom. The third-order valence-electron chi connectivity index (χ3n) is 8.62. The lowest BCUT2D eigenvalue weighted by molar-refractivity contribution is -0.148. The molecule has 4 atom stereocenters. The van der Waals surface area contributed by atoms with Crippen LogP contribution in [0.2, 0.25) is 0 Å². The lowest BCUT2D eigenvalue weighted by Gasteiger charge is -2.50. The Morgan fingerprint density at radius 3 is 2.17 bits per heavy atom. The average molecular weight is 578 g/mol. The zero-order chi connectivity index (χ0) is 31.0. The third kappa shape index (κ3) is 3.90. The second-order valence-electron chi connectivity index (χ2n) is 11.4. The van der Waals surface area contributed by atoms with Gasteiger partial charge in [0.2, 0.25) is 5.78 Å². The molecule has 0 saturated carbocycles. The van der Waals surface area contributed by atoms with Crippen LogP contribution in [0.25, 0.3) is 11.1 Å². The predicted octanol–water partition coefficient (Wildman–Crippen LogP) is 1.55. The number of carbonyl (C=O) groups excluding carboxylic acids is 3. The van der Waals surface area contributed by atoms with Gasteiger partial charge in [0, 0.05) is 36.8 Å². The first-order valence-electron chi connectivity index (χ1n) is 13.2. The number of nitrogens with two attached hydrogens (primary N) is 1. The van der Waals surface area contributed by atoms with Crippen LogP contribution >= 0.6 is 0 Å². The molecule has 3 aliphatic carbocycles. The molecule has 0 fully saturated rings. The maximum Gasteiger partial charge on any atom is 0.335 e. The highest BCUT2D eigenvalue weighted by molar-refractivity contribution is 6.25. The molecule has 5 rings (SSSR count). The molecule has 0 aromatic heterocycles. The number of nitrogens with zero attached hydrogens (tertiary/aromatic N) is 2. The van der Waals surface area contributed by atoms with Crippen LogP contribution < -0.4 is 10.6 Å². The molecule has 0 heterocycles. The van der Waals surface area contributed by atoms with Gasteiger partial charge in [-0.15, -0.1) is 0 Å². The van der Waals surface area contributed by atoms with Crippen LogP contribution in [0.1, 0.15) is 32.7 Å². The summed E-state index contributed by atoms with van der Waals surface area (Å²) in [4.78, 5) is 54.4. The molecule has 0 saturated heterocycles. The Hall–Kier alpha value is -4.68. The standard InChI is InChI=1S/C30H31N3O9/c1-32(2)18-11-15(12-5-7-13(8-6-12)29(40)41)23(34)20-16(18)9-14-10-17-22(33(3)4)25(36)21(28(31)39)27(38)30(17,42)26(37)19(14)24(20)35/h5-8,11,14,17,22,34,36-37,42H,9-10H2,1-4H3,(H2,31,39)(H,40,41)/t14-,17+,22-,30-/m0/s1. The number of aromatic hydroxyl groups is 1. The number of likely N-dealkylation sites (N-methyl/N-ethyl adjacent to an activating group) is 1. The van der Waals surface area contributed by atoms with Crippen LogP contribution in [0.4, 0.5) is 5.69 Å². The minimum Gasteiger partial charge on any atom is -0.510 e. The van der Waals surface area contributed by atoms with E-state index in [-0.39, 0.29) is 35.1 Å². The van der Waals surface area contributed by atoms with E-state index >= 15 is 0 Å². The molecule has 0 spiro atoms. The normalized spacial score (nSPS) is 25.2. The van der Waals surface area contributed by atoms with Crippen molar-refractivity contribution >= 4 is 29.1 Å². The summed E-state index contributed by atoms with van der Waals surface area (Å²) in [5.41, 5.74) is 3.19. The molecule has 0 radical (unpaired) electrons. The smallest absolute Gasteiger partial charge is 0.335 e. The van der Waals surface area contributed by atoms with Gasteiger partial charge in [-0.1, -0.05) is 12.1 Å². The monoisotopic (exact) mass is 577 g/mol. The SMILES string of the molecule is CN(C)c1cc(-c2ccc(C(=O)O)cc2)c(O)c2c1C[C@H]1C[C@@H]3[C@H](N(C)C)C(O)=C(C(N)=O)C(=O)[C@@]3(O)C(O)=C1C2=O. The number of amides is 1. The Balaban J connectivity index is 1.73. The fraction of sp³-hybridized carbons (Fsp3) is 0.333. The molecule has 12 heteroatoms. The maximum absolute atomic E-state index is 14.1. The van der Waals surface area contributed by atoms with E-state index in [0.29, 0.717) is 16.8 Å². The van der Waals surface area contributed by atoms with E-state index in [4.69, 9.17) is 5.73 Å². The Morgan fingerprint density at radius 1 is 1.02 bits per heavy atom. The largest absolute Gasteiger partial charge is 0.510 e. The minimum absolute atomic E-state index is 0.0161. The van der Waals surface area contributed by atoms with Crippen LogP contribution in [0.5, 0.6) is 5.75 Å². The molecular weight excluding hydrogens is 546 g/mol. The van der Waals surface area contributed by atoms with Gasteiger partial charge in [-0.05, 0) is 62.2 Å². The van der Waals surface area contributed by atoms with Crippen LogP contribution in [-0.2, 0) is 16.0 Å².